The van der Waals surface area contributed by atoms with E-state index in [-0.39, 0.29) is 18.0 Å². The van der Waals surface area contributed by atoms with Gasteiger partial charge < -0.3 is 10.5 Å². The number of piperidine rings is 1. The number of aryl methyl sites for hydroxylation is 2. The molecule has 0 saturated carbocycles. The Morgan fingerprint density at radius 1 is 1.17 bits per heavy atom. The molecule has 2 saturated heterocycles. The quantitative estimate of drug-likeness (QED) is 0.671. The van der Waals surface area contributed by atoms with E-state index in [1.807, 2.05) is 12.1 Å². The summed E-state index contributed by atoms with van der Waals surface area (Å²) in [6, 6.07) is 5.23. The molecule has 1 aromatic heterocycles. The molecule has 2 aliphatic heterocycles. The number of fused-ring (bicyclic) bond motifs is 1. The van der Waals surface area contributed by atoms with E-state index in [1.54, 1.807) is 16.2 Å². The first-order valence-corrected chi connectivity index (χ1v) is 10.5. The normalized spacial score (nSPS) is 20.0. The van der Waals surface area contributed by atoms with Gasteiger partial charge >= 0.3 is 5.69 Å². The number of para-hydroxylation sites is 1. The Morgan fingerprint density at radius 2 is 1.90 bits per heavy atom. The fraction of sp³-hybridized carbons (Fsp3) is 0.571. The van der Waals surface area contributed by atoms with Gasteiger partial charge in [-0.25, -0.2) is 4.79 Å². The van der Waals surface area contributed by atoms with E-state index >= 15 is 0 Å². The smallest absolute Gasteiger partial charge is 0.329 e. The zero-order valence-corrected chi connectivity index (χ0v) is 17.7. The van der Waals surface area contributed by atoms with Gasteiger partial charge in [-0.1, -0.05) is 12.1 Å². The van der Waals surface area contributed by atoms with Crippen molar-refractivity contribution >= 4 is 22.8 Å². The average Bonchev–Trinajstić information content (AvgIpc) is 3.02. The molecule has 30 heavy (non-hydrogen) atoms. The first-order chi connectivity index (χ1) is 14.6. The lowest BCUT2D eigenvalue weighted by Crippen LogP contribution is -2.44. The van der Waals surface area contributed by atoms with Crippen LogP contribution in [-0.4, -0.2) is 65.7 Å². The number of benzene rings is 1. The third kappa shape index (κ3) is 4.48. The van der Waals surface area contributed by atoms with Crippen molar-refractivity contribution in [2.24, 2.45) is 12.8 Å². The number of ether oxygens (including phenoxy) is 1. The van der Waals surface area contributed by atoms with Crippen molar-refractivity contribution in [2.75, 3.05) is 39.9 Å². The second kappa shape index (κ2) is 10.0. The van der Waals surface area contributed by atoms with E-state index in [9.17, 15) is 14.4 Å². The van der Waals surface area contributed by atoms with Gasteiger partial charge in [0, 0.05) is 26.6 Å². The number of imide groups is 1. The Balaban J connectivity index is 0.00000124. The predicted octanol–water partition coefficient (Wildman–Crippen LogP) is 0.157. The number of hydrogen-bond donors (Lipinski definition) is 2. The molecule has 2 aliphatic rings. The largest absolute Gasteiger partial charge is 0.379 e. The van der Waals surface area contributed by atoms with Gasteiger partial charge in [-0.05, 0) is 44.5 Å². The zero-order valence-electron chi connectivity index (χ0n) is 17.7. The Morgan fingerprint density at radius 3 is 2.60 bits per heavy atom. The molecule has 1 atom stereocenters. The number of nitrogens with two attached hydrogens (primary N) is 1. The van der Waals surface area contributed by atoms with Crippen molar-refractivity contribution in [3.63, 3.8) is 0 Å². The molecule has 0 aliphatic carbocycles. The van der Waals surface area contributed by atoms with Gasteiger partial charge in [0.25, 0.3) is 0 Å². The maximum absolute atomic E-state index is 12.9. The van der Waals surface area contributed by atoms with Gasteiger partial charge in [-0.15, -0.1) is 0 Å². The van der Waals surface area contributed by atoms with Crippen molar-refractivity contribution in [2.45, 2.75) is 31.7 Å². The molecule has 0 radical (unpaired) electrons. The van der Waals surface area contributed by atoms with Crippen LogP contribution >= 0.6 is 0 Å². The predicted molar refractivity (Wildman–Crippen MR) is 114 cm³/mol. The van der Waals surface area contributed by atoms with Crippen LogP contribution in [0.5, 0.6) is 0 Å². The number of rotatable bonds is 5. The van der Waals surface area contributed by atoms with Crippen molar-refractivity contribution in [3.8, 4) is 0 Å². The SMILES string of the molecule is CN.Cn1c(=O)n(C2CCC(=O)NC2=O)c2cccc(CCCN3CCOCC3)c21. The minimum atomic E-state index is -0.641. The lowest BCUT2D eigenvalue weighted by molar-refractivity contribution is -0.135. The molecule has 2 aromatic rings. The van der Waals surface area contributed by atoms with E-state index < -0.39 is 11.9 Å². The third-order valence-corrected chi connectivity index (χ3v) is 5.73. The molecule has 2 amide bonds. The zero-order chi connectivity index (χ0) is 21.7. The van der Waals surface area contributed by atoms with Gasteiger partial charge in [-0.2, -0.15) is 0 Å². The highest BCUT2D eigenvalue weighted by Gasteiger charge is 2.31. The molecule has 0 bridgehead atoms. The molecule has 9 nitrogen and oxygen atoms in total. The fourth-order valence-corrected chi connectivity index (χ4v) is 4.27. The Labute approximate surface area is 175 Å². The van der Waals surface area contributed by atoms with E-state index in [2.05, 4.69) is 22.0 Å². The van der Waals surface area contributed by atoms with E-state index in [1.165, 1.54) is 7.05 Å². The molecule has 164 valence electrons. The summed E-state index contributed by atoms with van der Waals surface area (Å²) in [6.45, 7) is 4.52. The Kier molecular flexibility index (Phi) is 7.41. The number of hydrogen-bond acceptors (Lipinski definition) is 6. The lowest BCUT2D eigenvalue weighted by atomic mass is 10.0. The Bertz CT molecular complexity index is 958. The molecule has 0 spiro atoms. The van der Waals surface area contributed by atoms with Crippen molar-refractivity contribution in [3.05, 3.63) is 34.2 Å². The highest BCUT2D eigenvalue weighted by atomic mass is 16.5. The number of morpholine rings is 1. The van der Waals surface area contributed by atoms with Gasteiger partial charge in [0.15, 0.2) is 0 Å². The summed E-state index contributed by atoms with van der Waals surface area (Å²) in [5.74, 6) is -0.679. The second-order valence-electron chi connectivity index (χ2n) is 7.52. The number of nitrogens with zero attached hydrogens (tertiary/aromatic N) is 3. The molecule has 9 heteroatoms. The minimum absolute atomic E-state index is 0.217. The van der Waals surface area contributed by atoms with Gasteiger partial charge in [-0.3, -0.25) is 28.9 Å². The molecule has 2 fully saturated rings. The van der Waals surface area contributed by atoms with Gasteiger partial charge in [0.05, 0.1) is 24.2 Å². The molecule has 3 heterocycles. The summed E-state index contributed by atoms with van der Waals surface area (Å²) < 4.78 is 8.56. The van der Waals surface area contributed by atoms with Crippen molar-refractivity contribution < 1.29 is 14.3 Å². The molecule has 4 rings (SSSR count). The van der Waals surface area contributed by atoms with Crippen LogP contribution in [0, 0.1) is 0 Å². The van der Waals surface area contributed by atoms with Crippen LogP contribution in [0.4, 0.5) is 0 Å². The van der Waals surface area contributed by atoms with E-state index in [4.69, 9.17) is 4.74 Å². The van der Waals surface area contributed by atoms with Crippen molar-refractivity contribution in [1.29, 1.82) is 0 Å². The average molecular weight is 418 g/mol. The van der Waals surface area contributed by atoms with Gasteiger partial charge in [0.2, 0.25) is 11.8 Å². The first kappa shape index (κ1) is 22.2. The second-order valence-corrected chi connectivity index (χ2v) is 7.52. The van der Waals surface area contributed by atoms with Crippen molar-refractivity contribution in [1.82, 2.24) is 19.4 Å². The maximum Gasteiger partial charge on any atom is 0.329 e. The topological polar surface area (TPSA) is 112 Å². The number of carbonyl (C=O) groups is 2. The summed E-state index contributed by atoms with van der Waals surface area (Å²) in [5, 5.41) is 2.35. The third-order valence-electron chi connectivity index (χ3n) is 5.73. The van der Waals surface area contributed by atoms with Crippen LogP contribution in [-0.2, 0) is 27.8 Å². The summed E-state index contributed by atoms with van der Waals surface area (Å²) in [6.07, 6.45) is 2.46. The minimum Gasteiger partial charge on any atom is -0.379 e. The highest BCUT2D eigenvalue weighted by Crippen LogP contribution is 2.25. The van der Waals surface area contributed by atoms with Crippen LogP contribution < -0.4 is 16.7 Å². The van der Waals surface area contributed by atoms with Crippen LogP contribution in [0.15, 0.2) is 23.0 Å². The van der Waals surface area contributed by atoms with E-state index in [0.29, 0.717) is 6.42 Å². The number of imidazole rings is 1. The van der Waals surface area contributed by atoms with Crippen LogP contribution in [0.3, 0.4) is 0 Å². The molecule has 3 N–H and O–H groups in total. The van der Waals surface area contributed by atoms with E-state index in [0.717, 1.165) is 62.3 Å². The highest BCUT2D eigenvalue weighted by molar-refractivity contribution is 6.00. The standard InChI is InChI=1S/C20H26N4O4.CH5N/c1-22-18-14(5-3-9-23-10-12-28-13-11-23)4-2-6-15(18)24(20(22)27)16-7-8-17(25)21-19(16)26;1-2/h2,4,6,16H,3,5,7-13H2,1H3,(H,21,25,26);2H2,1H3. The summed E-state index contributed by atoms with van der Waals surface area (Å²) in [7, 11) is 3.25. The molecular formula is C21H31N5O4. The number of amides is 2. The first-order valence-electron chi connectivity index (χ1n) is 10.5. The monoisotopic (exact) mass is 417 g/mol. The van der Waals surface area contributed by atoms with Crippen LogP contribution in [0.1, 0.15) is 30.9 Å². The molecule has 1 unspecified atom stereocenters. The summed E-state index contributed by atoms with van der Waals surface area (Å²) in [4.78, 5) is 39.1. The fourth-order valence-electron chi connectivity index (χ4n) is 4.27. The van der Waals surface area contributed by atoms with Crippen LogP contribution in [0.2, 0.25) is 0 Å². The summed E-state index contributed by atoms with van der Waals surface area (Å²) >= 11 is 0. The molecular weight excluding hydrogens is 386 g/mol. The maximum atomic E-state index is 12.9. The number of aromatic nitrogens is 2. The van der Waals surface area contributed by atoms with Crippen LogP contribution in [0.25, 0.3) is 11.0 Å². The lowest BCUT2D eigenvalue weighted by Gasteiger charge is -2.26. The Hall–Kier alpha value is -2.49. The van der Waals surface area contributed by atoms with Gasteiger partial charge in [0.1, 0.15) is 6.04 Å². The molecule has 1 aromatic carbocycles. The summed E-state index contributed by atoms with van der Waals surface area (Å²) in [5.41, 5.74) is 7.02. The number of carbonyl (C=O) groups excluding carboxylic acids is 2. The number of nitrogens with one attached hydrogen (secondary N) is 1.